The number of hydrogen-bond donors (Lipinski definition) is 0. The van der Waals surface area contributed by atoms with Crippen LogP contribution in [0.2, 0.25) is 6.04 Å². The molecule has 0 saturated carbocycles. The first-order valence-corrected chi connectivity index (χ1v) is 13.5. The number of epoxide rings is 1. The molecule has 0 N–H and O–H groups in total. The zero-order chi connectivity index (χ0) is 21.3. The Labute approximate surface area is 172 Å². The van der Waals surface area contributed by atoms with E-state index in [0.717, 1.165) is 19.1 Å². The van der Waals surface area contributed by atoms with Crippen LogP contribution in [0.5, 0.6) is 0 Å². The van der Waals surface area contributed by atoms with E-state index in [1.165, 1.54) is 0 Å². The van der Waals surface area contributed by atoms with Crippen LogP contribution in [-0.4, -0.2) is 91.5 Å². The van der Waals surface area contributed by atoms with Crippen LogP contribution >= 0.6 is 0 Å². The molecule has 1 atom stereocenters. The highest BCUT2D eigenvalue weighted by Crippen LogP contribution is 2.15. The first-order valence-electron chi connectivity index (χ1n) is 9.91. The van der Waals surface area contributed by atoms with E-state index in [0.29, 0.717) is 45.7 Å². The molecule has 1 unspecified atom stereocenters. The SMILES string of the molecule is CCO[Si](OCC)(OCC)OCC.CO[Si](CCCOCC1CO1)(OC)OC. The maximum Gasteiger partial charge on any atom is 0.679 e. The Balaban J connectivity index is 0.000000528. The van der Waals surface area contributed by atoms with Crippen molar-refractivity contribution in [2.75, 3.05) is 67.6 Å². The van der Waals surface area contributed by atoms with Crippen LogP contribution in [0.25, 0.3) is 0 Å². The van der Waals surface area contributed by atoms with E-state index in [-0.39, 0.29) is 0 Å². The van der Waals surface area contributed by atoms with Gasteiger partial charge < -0.3 is 40.5 Å². The van der Waals surface area contributed by atoms with E-state index in [1.54, 1.807) is 21.3 Å². The molecule has 1 saturated heterocycles. The predicted octanol–water partition coefficient (Wildman–Crippen LogP) is 2.24. The minimum absolute atomic E-state index is 0.333. The Hall–Kier alpha value is 0.0738. The monoisotopic (exact) mass is 444 g/mol. The minimum atomic E-state index is -2.80. The number of hydrogen-bond acceptors (Lipinski definition) is 9. The van der Waals surface area contributed by atoms with Crippen molar-refractivity contribution in [3.8, 4) is 0 Å². The summed E-state index contributed by atoms with van der Waals surface area (Å²) in [4.78, 5) is 0. The lowest BCUT2D eigenvalue weighted by atomic mass is 10.5. The Morgan fingerprint density at radius 2 is 1.21 bits per heavy atom. The quantitative estimate of drug-likeness (QED) is 0.190. The third-order valence-electron chi connectivity index (χ3n) is 3.70. The molecule has 1 fully saturated rings. The van der Waals surface area contributed by atoms with Gasteiger partial charge in [-0.15, -0.1) is 0 Å². The fourth-order valence-corrected chi connectivity index (χ4v) is 5.89. The molecule has 9 nitrogen and oxygen atoms in total. The van der Waals surface area contributed by atoms with Gasteiger partial charge in [-0.1, -0.05) is 0 Å². The van der Waals surface area contributed by atoms with Gasteiger partial charge >= 0.3 is 17.9 Å². The van der Waals surface area contributed by atoms with Crippen LogP contribution in [0.4, 0.5) is 0 Å². The lowest BCUT2D eigenvalue weighted by molar-refractivity contribution is -0.0247. The molecule has 1 aliphatic rings. The molecule has 0 bridgehead atoms. The Morgan fingerprint density at radius 1 is 0.786 bits per heavy atom. The van der Waals surface area contributed by atoms with E-state index >= 15 is 0 Å². The summed E-state index contributed by atoms with van der Waals surface area (Å²) in [6.45, 7) is 12.0. The van der Waals surface area contributed by atoms with Gasteiger partial charge in [0.25, 0.3) is 0 Å². The van der Waals surface area contributed by atoms with E-state index in [2.05, 4.69) is 0 Å². The van der Waals surface area contributed by atoms with Crippen molar-refractivity contribution in [3.63, 3.8) is 0 Å². The molecule has 0 radical (unpaired) electrons. The van der Waals surface area contributed by atoms with Gasteiger partial charge in [0.15, 0.2) is 0 Å². The third-order valence-corrected chi connectivity index (χ3v) is 9.10. The van der Waals surface area contributed by atoms with Crippen LogP contribution in [0, 0.1) is 0 Å². The topological polar surface area (TPSA) is 86.4 Å². The van der Waals surface area contributed by atoms with Crippen molar-refractivity contribution < 1.29 is 40.5 Å². The van der Waals surface area contributed by atoms with Crippen molar-refractivity contribution in [1.82, 2.24) is 0 Å². The highest BCUT2D eigenvalue weighted by molar-refractivity contribution is 6.60. The fraction of sp³-hybridized carbons (Fsp3) is 1.00. The lowest BCUT2D eigenvalue weighted by Crippen LogP contribution is -2.49. The maximum atomic E-state index is 5.42. The van der Waals surface area contributed by atoms with Gasteiger partial charge in [0.2, 0.25) is 0 Å². The van der Waals surface area contributed by atoms with Gasteiger partial charge in [0.05, 0.1) is 13.2 Å². The number of ether oxygens (including phenoxy) is 2. The van der Waals surface area contributed by atoms with E-state index in [1.807, 2.05) is 27.7 Å². The van der Waals surface area contributed by atoms with E-state index < -0.39 is 17.9 Å². The van der Waals surface area contributed by atoms with Gasteiger partial charge in [0, 0.05) is 60.4 Å². The first-order chi connectivity index (χ1) is 13.5. The van der Waals surface area contributed by atoms with Crippen molar-refractivity contribution in [2.24, 2.45) is 0 Å². The molecule has 1 rings (SSSR count). The third kappa shape index (κ3) is 11.9. The van der Waals surface area contributed by atoms with Crippen molar-refractivity contribution in [1.29, 1.82) is 0 Å². The van der Waals surface area contributed by atoms with Gasteiger partial charge in [-0.2, -0.15) is 0 Å². The summed E-state index contributed by atoms with van der Waals surface area (Å²) >= 11 is 0. The Kier molecular flexibility index (Phi) is 16.9. The molecule has 0 aromatic rings. The highest BCUT2D eigenvalue weighted by Gasteiger charge is 2.44. The molecule has 11 heteroatoms. The summed E-state index contributed by atoms with van der Waals surface area (Å²) in [5.74, 6) is 0. The lowest BCUT2D eigenvalue weighted by Gasteiger charge is -2.26. The average molecular weight is 445 g/mol. The summed E-state index contributed by atoms with van der Waals surface area (Å²) in [7, 11) is -0.316. The van der Waals surface area contributed by atoms with Crippen LogP contribution in [0.1, 0.15) is 34.1 Å². The Bertz CT molecular complexity index is 318. The second-order valence-electron chi connectivity index (χ2n) is 5.66. The molecular formula is C17H40O9Si2. The normalized spacial score (nSPS) is 16.6. The van der Waals surface area contributed by atoms with Gasteiger partial charge in [0.1, 0.15) is 6.10 Å². The van der Waals surface area contributed by atoms with Gasteiger partial charge in [-0.25, -0.2) is 0 Å². The van der Waals surface area contributed by atoms with Crippen LogP contribution in [0.3, 0.4) is 0 Å². The average Bonchev–Trinajstić information content (AvgIpc) is 3.51. The molecule has 0 aliphatic carbocycles. The molecule has 1 heterocycles. The maximum absolute atomic E-state index is 5.42. The van der Waals surface area contributed by atoms with Crippen LogP contribution < -0.4 is 0 Å². The van der Waals surface area contributed by atoms with Crippen molar-refractivity contribution >= 4 is 17.9 Å². The van der Waals surface area contributed by atoms with Crippen LogP contribution in [-0.2, 0) is 40.5 Å². The van der Waals surface area contributed by atoms with Crippen molar-refractivity contribution in [2.45, 2.75) is 46.3 Å². The van der Waals surface area contributed by atoms with Gasteiger partial charge in [-0.05, 0) is 34.1 Å². The summed E-state index contributed by atoms with van der Waals surface area (Å²) in [5, 5.41) is 0. The second kappa shape index (κ2) is 16.8. The summed E-state index contributed by atoms with van der Waals surface area (Å²) in [6.07, 6.45) is 1.22. The Morgan fingerprint density at radius 3 is 1.54 bits per heavy atom. The number of rotatable bonds is 17. The fourth-order valence-electron chi connectivity index (χ4n) is 2.28. The molecule has 0 aromatic heterocycles. The first kappa shape index (κ1) is 28.1. The zero-order valence-electron chi connectivity index (χ0n) is 18.6. The standard InChI is InChI=1S/C9H20O5Si.C8H20O4Si/c1-10-15(11-2,12-3)6-4-5-13-7-9-8-14-9;1-5-9-13(10-6-2,11-7-3)12-8-4/h9H,4-8H2,1-3H3;5-8H2,1-4H3. The summed E-state index contributed by atoms with van der Waals surface area (Å²) in [5.41, 5.74) is 0. The summed E-state index contributed by atoms with van der Waals surface area (Å²) in [6, 6.07) is 0.780. The van der Waals surface area contributed by atoms with E-state index in [9.17, 15) is 0 Å². The predicted molar refractivity (Wildman–Crippen MR) is 109 cm³/mol. The molecule has 1 aliphatic heterocycles. The van der Waals surface area contributed by atoms with Gasteiger partial charge in [-0.3, -0.25) is 0 Å². The molecule has 0 spiro atoms. The van der Waals surface area contributed by atoms with Crippen LogP contribution in [0.15, 0.2) is 0 Å². The second-order valence-corrected chi connectivity index (χ2v) is 10.9. The molecule has 0 amide bonds. The largest absolute Gasteiger partial charge is 0.679 e. The molecular weight excluding hydrogens is 404 g/mol. The van der Waals surface area contributed by atoms with E-state index in [4.69, 9.17) is 40.5 Å². The van der Waals surface area contributed by atoms with Crippen molar-refractivity contribution in [3.05, 3.63) is 0 Å². The molecule has 28 heavy (non-hydrogen) atoms. The zero-order valence-corrected chi connectivity index (χ0v) is 20.6. The summed E-state index contributed by atoms with van der Waals surface area (Å²) < 4.78 is 48.0. The smallest absolute Gasteiger partial charge is 0.379 e. The minimum Gasteiger partial charge on any atom is -0.379 e. The molecule has 0 aromatic carbocycles. The molecule has 170 valence electrons. The highest BCUT2D eigenvalue weighted by atomic mass is 28.4.